The van der Waals surface area contributed by atoms with Crippen molar-refractivity contribution in [2.45, 2.75) is 6.10 Å². The normalized spacial score (nSPS) is 16.4. The van der Waals surface area contributed by atoms with Crippen LogP contribution in [0.3, 0.4) is 0 Å². The molecule has 0 aliphatic carbocycles. The Morgan fingerprint density at radius 3 is 3.00 bits per heavy atom. The Hall–Kier alpha value is -1.29. The first-order chi connectivity index (χ1) is 6.40. The fourth-order valence-electron chi connectivity index (χ4n) is 1.12. The van der Waals surface area contributed by atoms with Gasteiger partial charge < -0.3 is 14.8 Å². The summed E-state index contributed by atoms with van der Waals surface area (Å²) in [6.45, 7) is 1.78. The third-order valence-electron chi connectivity index (χ3n) is 1.98. The van der Waals surface area contributed by atoms with Crippen LogP contribution in [0.25, 0.3) is 0 Å². The van der Waals surface area contributed by atoms with Crippen molar-refractivity contribution in [2.24, 2.45) is 0 Å². The highest BCUT2D eigenvalue weighted by Gasteiger charge is 2.20. The smallest absolute Gasteiger partial charge is 0.257 e. The Labute approximate surface area is 76.9 Å². The molecule has 1 aromatic heterocycles. The molecule has 1 aromatic rings. The number of hydrogen-bond acceptors (Lipinski definition) is 4. The first kappa shape index (κ1) is 8.31. The Balaban J connectivity index is 2.08. The zero-order valence-electron chi connectivity index (χ0n) is 7.49. The number of hydrogen-bond donors (Lipinski definition) is 1. The number of rotatable bonds is 3. The molecule has 1 aliphatic rings. The monoisotopic (exact) mass is 180 g/mol. The van der Waals surface area contributed by atoms with Gasteiger partial charge >= 0.3 is 0 Å². The SMILES string of the molecule is COc1cccnc1OC1CNC1. The summed E-state index contributed by atoms with van der Waals surface area (Å²) in [5.74, 6) is 1.27. The summed E-state index contributed by atoms with van der Waals surface area (Å²) in [5.41, 5.74) is 0. The maximum atomic E-state index is 5.57. The van der Waals surface area contributed by atoms with Gasteiger partial charge in [0.15, 0.2) is 5.75 Å². The van der Waals surface area contributed by atoms with E-state index < -0.39 is 0 Å². The zero-order chi connectivity index (χ0) is 9.10. The fraction of sp³-hybridized carbons (Fsp3) is 0.444. The second kappa shape index (κ2) is 3.62. The fourth-order valence-corrected chi connectivity index (χ4v) is 1.12. The van der Waals surface area contributed by atoms with Crippen molar-refractivity contribution < 1.29 is 9.47 Å². The molecular weight excluding hydrogens is 168 g/mol. The standard InChI is InChI=1S/C9H12N2O2/c1-12-8-3-2-4-11-9(8)13-7-5-10-6-7/h2-4,7,10H,5-6H2,1H3. The molecule has 4 nitrogen and oxygen atoms in total. The molecule has 0 bridgehead atoms. The van der Waals surface area contributed by atoms with Crippen molar-refractivity contribution in [2.75, 3.05) is 20.2 Å². The van der Waals surface area contributed by atoms with Gasteiger partial charge in [-0.25, -0.2) is 4.98 Å². The molecule has 2 heterocycles. The van der Waals surface area contributed by atoms with E-state index in [1.807, 2.05) is 12.1 Å². The Morgan fingerprint density at radius 1 is 1.54 bits per heavy atom. The van der Waals surface area contributed by atoms with E-state index in [2.05, 4.69) is 10.3 Å². The Morgan fingerprint density at radius 2 is 2.38 bits per heavy atom. The van der Waals surface area contributed by atoms with E-state index in [0.717, 1.165) is 13.1 Å². The van der Waals surface area contributed by atoms with Crippen LogP contribution in [-0.2, 0) is 0 Å². The van der Waals surface area contributed by atoms with Gasteiger partial charge in [-0.2, -0.15) is 0 Å². The van der Waals surface area contributed by atoms with E-state index in [-0.39, 0.29) is 6.10 Å². The summed E-state index contributed by atoms with van der Waals surface area (Å²) < 4.78 is 10.7. The summed E-state index contributed by atoms with van der Waals surface area (Å²) >= 11 is 0. The molecule has 1 N–H and O–H groups in total. The lowest BCUT2D eigenvalue weighted by Gasteiger charge is -2.27. The molecule has 2 rings (SSSR count). The molecule has 70 valence electrons. The summed E-state index contributed by atoms with van der Waals surface area (Å²) in [6.07, 6.45) is 1.94. The maximum Gasteiger partial charge on any atom is 0.257 e. The quantitative estimate of drug-likeness (QED) is 0.733. The number of ether oxygens (including phenoxy) is 2. The minimum absolute atomic E-state index is 0.240. The molecule has 0 saturated carbocycles. The Kier molecular flexibility index (Phi) is 2.31. The average molecular weight is 180 g/mol. The average Bonchev–Trinajstić information content (AvgIpc) is 2.12. The lowest BCUT2D eigenvalue weighted by atomic mass is 10.2. The lowest BCUT2D eigenvalue weighted by molar-refractivity contribution is 0.131. The minimum Gasteiger partial charge on any atom is -0.491 e. The second-order valence-electron chi connectivity index (χ2n) is 2.91. The number of pyridine rings is 1. The van der Waals surface area contributed by atoms with Crippen molar-refractivity contribution in [3.8, 4) is 11.6 Å². The molecule has 0 unspecified atom stereocenters. The van der Waals surface area contributed by atoms with Gasteiger partial charge in [-0.05, 0) is 12.1 Å². The molecule has 0 aromatic carbocycles. The van der Waals surface area contributed by atoms with E-state index in [9.17, 15) is 0 Å². The third kappa shape index (κ3) is 1.72. The summed E-state index contributed by atoms with van der Waals surface area (Å²) in [5, 5.41) is 3.13. The van der Waals surface area contributed by atoms with Crippen LogP contribution in [0.15, 0.2) is 18.3 Å². The van der Waals surface area contributed by atoms with Gasteiger partial charge in [0.25, 0.3) is 5.88 Å². The van der Waals surface area contributed by atoms with Crippen LogP contribution >= 0.6 is 0 Å². The molecule has 0 amide bonds. The summed E-state index contributed by atoms with van der Waals surface area (Å²) in [4.78, 5) is 4.10. The molecule has 0 atom stereocenters. The van der Waals surface area contributed by atoms with Crippen molar-refractivity contribution in [3.63, 3.8) is 0 Å². The topological polar surface area (TPSA) is 43.4 Å². The number of aromatic nitrogens is 1. The lowest BCUT2D eigenvalue weighted by Crippen LogP contribution is -2.50. The first-order valence-electron chi connectivity index (χ1n) is 4.26. The molecule has 0 radical (unpaired) electrons. The summed E-state index contributed by atoms with van der Waals surface area (Å²) in [7, 11) is 1.61. The van der Waals surface area contributed by atoms with Gasteiger partial charge in [0.2, 0.25) is 0 Å². The minimum atomic E-state index is 0.240. The van der Waals surface area contributed by atoms with E-state index in [1.54, 1.807) is 13.3 Å². The molecule has 1 saturated heterocycles. The highest BCUT2D eigenvalue weighted by Crippen LogP contribution is 2.24. The van der Waals surface area contributed by atoms with Crippen LogP contribution in [0.5, 0.6) is 11.6 Å². The molecule has 13 heavy (non-hydrogen) atoms. The molecular formula is C9H12N2O2. The van der Waals surface area contributed by atoms with Gasteiger partial charge in [-0.3, -0.25) is 0 Å². The van der Waals surface area contributed by atoms with Gasteiger partial charge in [0.05, 0.1) is 7.11 Å². The van der Waals surface area contributed by atoms with Crippen LogP contribution in [0.2, 0.25) is 0 Å². The molecule has 1 fully saturated rings. The largest absolute Gasteiger partial charge is 0.491 e. The van der Waals surface area contributed by atoms with Gasteiger partial charge in [-0.1, -0.05) is 0 Å². The number of nitrogens with zero attached hydrogens (tertiary/aromatic N) is 1. The maximum absolute atomic E-state index is 5.57. The van der Waals surface area contributed by atoms with Crippen LogP contribution in [-0.4, -0.2) is 31.3 Å². The van der Waals surface area contributed by atoms with Crippen LogP contribution < -0.4 is 14.8 Å². The molecule has 1 aliphatic heterocycles. The van der Waals surface area contributed by atoms with Crippen molar-refractivity contribution in [3.05, 3.63) is 18.3 Å². The molecule has 4 heteroatoms. The van der Waals surface area contributed by atoms with E-state index in [1.165, 1.54) is 0 Å². The summed E-state index contributed by atoms with van der Waals surface area (Å²) in [6, 6.07) is 3.67. The van der Waals surface area contributed by atoms with Gasteiger partial charge in [-0.15, -0.1) is 0 Å². The highest BCUT2D eigenvalue weighted by atomic mass is 16.5. The van der Waals surface area contributed by atoms with E-state index in [0.29, 0.717) is 11.6 Å². The zero-order valence-corrected chi connectivity index (χ0v) is 7.49. The van der Waals surface area contributed by atoms with Crippen molar-refractivity contribution >= 4 is 0 Å². The predicted octanol–water partition coefficient (Wildman–Crippen LogP) is 0.441. The third-order valence-corrected chi connectivity index (χ3v) is 1.98. The Bertz CT molecular complexity index is 287. The molecule has 0 spiro atoms. The van der Waals surface area contributed by atoms with Crippen molar-refractivity contribution in [1.29, 1.82) is 0 Å². The van der Waals surface area contributed by atoms with Crippen LogP contribution in [0, 0.1) is 0 Å². The number of nitrogens with one attached hydrogen (secondary N) is 1. The highest BCUT2D eigenvalue weighted by molar-refractivity contribution is 5.32. The second-order valence-corrected chi connectivity index (χ2v) is 2.91. The number of methoxy groups -OCH3 is 1. The van der Waals surface area contributed by atoms with E-state index in [4.69, 9.17) is 9.47 Å². The van der Waals surface area contributed by atoms with Crippen LogP contribution in [0.1, 0.15) is 0 Å². The van der Waals surface area contributed by atoms with E-state index >= 15 is 0 Å². The van der Waals surface area contributed by atoms with Gasteiger partial charge in [0.1, 0.15) is 6.10 Å². The predicted molar refractivity (Wildman–Crippen MR) is 48.1 cm³/mol. The van der Waals surface area contributed by atoms with Gasteiger partial charge in [0, 0.05) is 19.3 Å². The first-order valence-corrected chi connectivity index (χ1v) is 4.26. The van der Waals surface area contributed by atoms with Crippen molar-refractivity contribution in [1.82, 2.24) is 10.3 Å². The van der Waals surface area contributed by atoms with Crippen LogP contribution in [0.4, 0.5) is 0 Å².